The highest BCUT2D eigenvalue weighted by Crippen LogP contribution is 2.30. The lowest BCUT2D eigenvalue weighted by Gasteiger charge is -2.36. The Bertz CT molecular complexity index is 1340. The Morgan fingerprint density at radius 3 is 2.51 bits per heavy atom. The van der Waals surface area contributed by atoms with Gasteiger partial charge in [0.25, 0.3) is 0 Å². The molecule has 0 atom stereocenters. The molecule has 1 aromatic heterocycles. The Morgan fingerprint density at radius 1 is 1.05 bits per heavy atom. The monoisotopic (exact) mass is 559 g/mol. The van der Waals surface area contributed by atoms with Crippen LogP contribution in [0, 0.1) is 23.7 Å². The number of fused-ring (bicyclic) bond motifs is 1. The van der Waals surface area contributed by atoms with Crippen molar-refractivity contribution >= 4 is 34.5 Å². The predicted molar refractivity (Wildman–Crippen MR) is 158 cm³/mol. The van der Waals surface area contributed by atoms with E-state index in [-0.39, 0.29) is 24.5 Å². The topological polar surface area (TPSA) is 104 Å². The van der Waals surface area contributed by atoms with E-state index in [1.54, 1.807) is 17.3 Å². The number of carbonyl (C=O) groups is 3. The van der Waals surface area contributed by atoms with E-state index in [1.165, 1.54) is 0 Å². The fourth-order valence-corrected chi connectivity index (χ4v) is 6.07. The third-order valence-corrected chi connectivity index (χ3v) is 8.21. The fraction of sp³-hybridized carbons (Fsp3) is 0.562. The second kappa shape index (κ2) is 12.5. The lowest BCUT2D eigenvalue weighted by Crippen LogP contribution is -2.49. The van der Waals surface area contributed by atoms with E-state index >= 15 is 0 Å². The van der Waals surface area contributed by atoms with Crippen LogP contribution < -0.4 is 15.5 Å². The summed E-state index contributed by atoms with van der Waals surface area (Å²) >= 11 is 0. The smallest absolute Gasteiger partial charge is 0.407 e. The molecule has 218 valence electrons. The molecule has 1 aliphatic carbocycles. The van der Waals surface area contributed by atoms with E-state index in [1.807, 2.05) is 39.0 Å². The van der Waals surface area contributed by atoms with Gasteiger partial charge < -0.3 is 15.0 Å². The summed E-state index contributed by atoms with van der Waals surface area (Å²) in [5, 5.41) is 7.25. The number of alkyl carbamates (subject to hydrolysis) is 1. The Morgan fingerprint density at radius 2 is 1.80 bits per heavy atom. The Kier molecular flexibility index (Phi) is 8.79. The zero-order valence-corrected chi connectivity index (χ0v) is 24.4. The minimum Gasteiger partial charge on any atom is -0.444 e. The molecule has 5 rings (SSSR count). The van der Waals surface area contributed by atoms with Crippen LogP contribution in [0.15, 0.2) is 30.6 Å². The number of hydrogen-bond acceptors (Lipinski definition) is 6. The summed E-state index contributed by atoms with van der Waals surface area (Å²) in [7, 11) is 0. The molecule has 3 aliphatic rings. The number of pyridine rings is 1. The lowest BCUT2D eigenvalue weighted by atomic mass is 9.85. The van der Waals surface area contributed by atoms with Crippen molar-refractivity contribution in [1.82, 2.24) is 20.5 Å². The molecule has 0 unspecified atom stereocenters. The van der Waals surface area contributed by atoms with Crippen LogP contribution >= 0.6 is 0 Å². The van der Waals surface area contributed by atoms with Crippen molar-refractivity contribution < 1.29 is 19.1 Å². The van der Waals surface area contributed by atoms with Gasteiger partial charge in [0.1, 0.15) is 5.60 Å². The van der Waals surface area contributed by atoms with Gasteiger partial charge in [-0.15, -0.1) is 0 Å². The maximum absolute atomic E-state index is 12.4. The SMILES string of the molecule is CC(C)(C)OC(=O)NC1CCC(CN2CCC(C#Cc3cccc4c(N5CCC(=O)NC5=O)cncc34)CC2)CC1. The first-order valence-electron chi connectivity index (χ1n) is 14.9. The maximum atomic E-state index is 12.4. The molecular weight excluding hydrogens is 518 g/mol. The summed E-state index contributed by atoms with van der Waals surface area (Å²) in [4.78, 5) is 44.6. The largest absolute Gasteiger partial charge is 0.444 e. The zero-order chi connectivity index (χ0) is 29.0. The molecule has 9 heteroatoms. The average molecular weight is 560 g/mol. The van der Waals surface area contributed by atoms with Crippen LogP contribution in [0.5, 0.6) is 0 Å². The van der Waals surface area contributed by atoms with Gasteiger partial charge in [-0.3, -0.25) is 20.0 Å². The summed E-state index contributed by atoms with van der Waals surface area (Å²) in [5.41, 5.74) is 1.13. The van der Waals surface area contributed by atoms with Crippen LogP contribution in [-0.2, 0) is 9.53 Å². The van der Waals surface area contributed by atoms with Gasteiger partial charge >= 0.3 is 12.1 Å². The molecule has 2 aromatic rings. The quantitative estimate of drug-likeness (QED) is 0.520. The number of amides is 4. The van der Waals surface area contributed by atoms with Crippen LogP contribution in [0.3, 0.4) is 0 Å². The number of likely N-dealkylation sites (tertiary alicyclic amines) is 1. The number of imide groups is 1. The summed E-state index contributed by atoms with van der Waals surface area (Å²) in [5.74, 6) is 7.70. The molecule has 4 amide bonds. The Labute approximate surface area is 242 Å². The van der Waals surface area contributed by atoms with Gasteiger partial charge in [0.15, 0.2) is 0 Å². The molecule has 1 saturated carbocycles. The molecule has 2 N–H and O–H groups in total. The van der Waals surface area contributed by atoms with Crippen LogP contribution in [-0.4, -0.2) is 65.7 Å². The molecular formula is C32H41N5O4. The molecule has 2 saturated heterocycles. The number of aromatic nitrogens is 1. The van der Waals surface area contributed by atoms with Crippen LogP contribution in [0.4, 0.5) is 15.3 Å². The standard InChI is InChI=1S/C32H41N5O4/c1-32(2,3)41-31(40)34-25-11-8-23(9-12-25)21-36-16-13-22(14-17-36)7-10-24-5-4-6-26-27(24)19-33-20-28(26)37-18-15-29(38)35-30(37)39/h4-6,19-20,22-23,25H,8-9,11-18,21H2,1-3H3,(H,34,40)(H,35,38,39). The number of rotatable bonds is 4. The van der Waals surface area contributed by atoms with Crippen molar-refractivity contribution in [2.45, 2.75) is 77.4 Å². The molecule has 0 spiro atoms. The first-order chi connectivity index (χ1) is 19.6. The van der Waals surface area contributed by atoms with Gasteiger partial charge in [-0.25, -0.2) is 9.59 Å². The Hall–Kier alpha value is -3.64. The molecule has 0 bridgehead atoms. The number of nitrogens with zero attached hydrogens (tertiary/aromatic N) is 3. The number of piperidine rings is 1. The third-order valence-electron chi connectivity index (χ3n) is 8.21. The van der Waals surface area contributed by atoms with Gasteiger partial charge in [-0.05, 0) is 84.4 Å². The van der Waals surface area contributed by atoms with Crippen LogP contribution in [0.1, 0.15) is 71.3 Å². The first-order valence-corrected chi connectivity index (χ1v) is 14.9. The van der Waals surface area contributed by atoms with E-state index < -0.39 is 11.6 Å². The van der Waals surface area contributed by atoms with Crippen LogP contribution in [0.25, 0.3) is 10.8 Å². The minimum absolute atomic E-state index is 0.212. The number of nitrogens with one attached hydrogen (secondary N) is 2. The van der Waals surface area contributed by atoms with Crippen molar-refractivity contribution in [1.29, 1.82) is 0 Å². The average Bonchev–Trinajstić information content (AvgIpc) is 2.92. The number of ether oxygens (including phenoxy) is 1. The highest BCUT2D eigenvalue weighted by atomic mass is 16.6. The first kappa shape index (κ1) is 28.9. The van der Waals surface area contributed by atoms with Gasteiger partial charge in [-0.1, -0.05) is 24.0 Å². The van der Waals surface area contributed by atoms with Crippen molar-refractivity contribution in [2.75, 3.05) is 31.1 Å². The number of anilines is 1. The lowest BCUT2D eigenvalue weighted by molar-refractivity contribution is -0.120. The highest BCUT2D eigenvalue weighted by molar-refractivity contribution is 6.10. The van der Waals surface area contributed by atoms with Crippen LogP contribution in [0.2, 0.25) is 0 Å². The summed E-state index contributed by atoms with van der Waals surface area (Å²) < 4.78 is 5.41. The molecule has 9 nitrogen and oxygen atoms in total. The van der Waals surface area contributed by atoms with E-state index in [9.17, 15) is 14.4 Å². The summed E-state index contributed by atoms with van der Waals surface area (Å²) in [6.07, 6.45) is 9.83. The van der Waals surface area contributed by atoms with Gasteiger partial charge in [0.2, 0.25) is 5.91 Å². The number of carbonyl (C=O) groups excluding carboxylic acids is 3. The number of hydrogen-bond donors (Lipinski definition) is 2. The van der Waals surface area contributed by atoms with Crippen molar-refractivity contribution in [3.63, 3.8) is 0 Å². The summed E-state index contributed by atoms with van der Waals surface area (Å²) in [6, 6.07) is 5.74. The van der Waals surface area contributed by atoms with Gasteiger partial charge in [0, 0.05) is 54.0 Å². The molecule has 1 aromatic carbocycles. The molecule has 3 fully saturated rings. The maximum Gasteiger partial charge on any atom is 0.407 e. The van der Waals surface area contributed by atoms with Crippen molar-refractivity contribution in [3.05, 3.63) is 36.2 Å². The second-order valence-electron chi connectivity index (χ2n) is 12.5. The number of benzene rings is 1. The highest BCUT2D eigenvalue weighted by Gasteiger charge is 2.28. The molecule has 3 heterocycles. The minimum atomic E-state index is -0.469. The van der Waals surface area contributed by atoms with E-state index in [4.69, 9.17) is 4.74 Å². The summed E-state index contributed by atoms with van der Waals surface area (Å²) in [6.45, 7) is 9.23. The zero-order valence-electron chi connectivity index (χ0n) is 24.4. The fourth-order valence-electron chi connectivity index (χ4n) is 6.07. The third kappa shape index (κ3) is 7.56. The number of urea groups is 1. The van der Waals surface area contributed by atoms with Crippen molar-refractivity contribution in [2.24, 2.45) is 11.8 Å². The second-order valence-corrected chi connectivity index (χ2v) is 12.5. The predicted octanol–water partition coefficient (Wildman–Crippen LogP) is 4.83. The Balaban J connectivity index is 1.12. The molecule has 2 aliphatic heterocycles. The van der Waals surface area contributed by atoms with E-state index in [0.29, 0.717) is 24.1 Å². The van der Waals surface area contributed by atoms with Crippen molar-refractivity contribution in [3.8, 4) is 11.8 Å². The van der Waals surface area contributed by atoms with E-state index in [2.05, 4.69) is 32.4 Å². The molecule has 0 radical (unpaired) electrons. The normalized spacial score (nSPS) is 22.6. The molecule has 41 heavy (non-hydrogen) atoms. The van der Waals surface area contributed by atoms with Gasteiger partial charge in [0.05, 0.1) is 11.9 Å². The van der Waals surface area contributed by atoms with Gasteiger partial charge in [-0.2, -0.15) is 0 Å². The van der Waals surface area contributed by atoms with E-state index in [0.717, 1.165) is 74.5 Å².